The Balaban J connectivity index is 0.00000261. The molecule has 2 fully saturated rings. The summed E-state index contributed by atoms with van der Waals surface area (Å²) in [6.07, 6.45) is 1.70. The molecule has 0 radical (unpaired) electrons. The second kappa shape index (κ2) is 10.6. The van der Waals surface area contributed by atoms with Crippen LogP contribution in [0.25, 0.3) is 0 Å². The summed E-state index contributed by atoms with van der Waals surface area (Å²) in [6.45, 7) is 7.22. The third kappa shape index (κ3) is 6.48. The molecule has 7 heteroatoms. The van der Waals surface area contributed by atoms with Crippen LogP contribution in [0.4, 0.5) is 0 Å². The highest BCUT2D eigenvalue weighted by atomic mass is 35.5. The molecule has 2 N–H and O–H groups in total. The average molecular weight is 395 g/mol. The van der Waals surface area contributed by atoms with Gasteiger partial charge in [0.2, 0.25) is 11.8 Å². The van der Waals surface area contributed by atoms with E-state index in [0.717, 1.165) is 52.1 Å². The molecule has 150 valence electrons. The van der Waals surface area contributed by atoms with Gasteiger partial charge in [0.05, 0.1) is 6.54 Å². The smallest absolute Gasteiger partial charge is 0.242 e. The van der Waals surface area contributed by atoms with E-state index in [-0.39, 0.29) is 36.7 Å². The first kappa shape index (κ1) is 21.7. The van der Waals surface area contributed by atoms with Gasteiger partial charge >= 0.3 is 0 Å². The third-order valence-corrected chi connectivity index (χ3v) is 5.38. The zero-order valence-corrected chi connectivity index (χ0v) is 16.8. The Morgan fingerprint density at radius 1 is 1.15 bits per heavy atom. The Hall–Kier alpha value is -1.63. The van der Waals surface area contributed by atoms with Gasteiger partial charge in [0.25, 0.3) is 0 Å². The van der Waals surface area contributed by atoms with E-state index >= 15 is 0 Å². The first-order valence-corrected chi connectivity index (χ1v) is 9.67. The molecule has 0 bridgehead atoms. The number of nitrogens with zero attached hydrogens (tertiary/aromatic N) is 2. The lowest BCUT2D eigenvalue weighted by Crippen LogP contribution is -2.51. The summed E-state index contributed by atoms with van der Waals surface area (Å²) >= 11 is 0. The lowest BCUT2D eigenvalue weighted by molar-refractivity contribution is -0.135. The first-order valence-electron chi connectivity index (χ1n) is 9.67. The molecule has 0 saturated carbocycles. The molecule has 2 heterocycles. The molecular weight excluding hydrogens is 364 g/mol. The van der Waals surface area contributed by atoms with Crippen LogP contribution in [0.2, 0.25) is 0 Å². The zero-order chi connectivity index (χ0) is 18.4. The van der Waals surface area contributed by atoms with Crippen molar-refractivity contribution in [2.45, 2.75) is 32.4 Å². The van der Waals surface area contributed by atoms with Gasteiger partial charge in [-0.15, -0.1) is 12.4 Å². The van der Waals surface area contributed by atoms with Gasteiger partial charge in [-0.3, -0.25) is 14.5 Å². The van der Waals surface area contributed by atoms with Crippen molar-refractivity contribution in [3.63, 3.8) is 0 Å². The number of piperazine rings is 1. The summed E-state index contributed by atoms with van der Waals surface area (Å²) in [7, 11) is 0. The van der Waals surface area contributed by atoms with E-state index < -0.39 is 0 Å². The molecule has 1 aromatic rings. The van der Waals surface area contributed by atoms with Gasteiger partial charge in [-0.05, 0) is 31.9 Å². The predicted molar refractivity (Wildman–Crippen MR) is 109 cm³/mol. The van der Waals surface area contributed by atoms with Crippen molar-refractivity contribution in [2.24, 2.45) is 5.92 Å². The van der Waals surface area contributed by atoms with E-state index in [1.165, 1.54) is 5.56 Å². The number of rotatable bonds is 5. The molecule has 2 aliphatic rings. The summed E-state index contributed by atoms with van der Waals surface area (Å²) in [4.78, 5) is 28.9. The van der Waals surface area contributed by atoms with E-state index in [2.05, 4.69) is 46.7 Å². The third-order valence-electron chi connectivity index (χ3n) is 5.38. The minimum absolute atomic E-state index is 0. The van der Waals surface area contributed by atoms with Crippen molar-refractivity contribution < 1.29 is 9.59 Å². The number of benzene rings is 1. The van der Waals surface area contributed by atoms with Crippen LogP contribution in [0.15, 0.2) is 30.3 Å². The second-order valence-corrected chi connectivity index (χ2v) is 7.44. The molecule has 3 rings (SSSR count). The fourth-order valence-electron chi connectivity index (χ4n) is 3.79. The Kier molecular flexibility index (Phi) is 8.54. The van der Waals surface area contributed by atoms with Crippen molar-refractivity contribution >= 4 is 24.2 Å². The molecule has 0 aliphatic carbocycles. The number of amides is 2. The van der Waals surface area contributed by atoms with Gasteiger partial charge < -0.3 is 15.5 Å². The van der Waals surface area contributed by atoms with Gasteiger partial charge in [-0.2, -0.15) is 0 Å². The number of hydrogen-bond donors (Lipinski definition) is 2. The molecule has 0 spiro atoms. The highest BCUT2D eigenvalue weighted by molar-refractivity contribution is 5.86. The summed E-state index contributed by atoms with van der Waals surface area (Å²) in [5.41, 5.74) is 1.30. The number of carbonyl (C=O) groups is 2. The van der Waals surface area contributed by atoms with E-state index in [0.29, 0.717) is 6.04 Å². The van der Waals surface area contributed by atoms with Crippen LogP contribution in [0, 0.1) is 5.92 Å². The number of hydrogen-bond acceptors (Lipinski definition) is 4. The lowest BCUT2D eigenvalue weighted by Gasteiger charge is -2.35. The maximum Gasteiger partial charge on any atom is 0.242 e. The Labute approximate surface area is 168 Å². The van der Waals surface area contributed by atoms with E-state index in [4.69, 9.17) is 0 Å². The van der Waals surface area contributed by atoms with E-state index in [9.17, 15) is 9.59 Å². The number of halogens is 1. The molecule has 2 saturated heterocycles. The molecule has 2 amide bonds. The number of nitrogens with one attached hydrogen (secondary N) is 2. The molecule has 2 aliphatic heterocycles. The Bertz CT molecular complexity index is 605. The van der Waals surface area contributed by atoms with E-state index in [1.807, 2.05) is 11.0 Å². The zero-order valence-electron chi connectivity index (χ0n) is 16.0. The van der Waals surface area contributed by atoms with Crippen molar-refractivity contribution in [2.75, 3.05) is 39.3 Å². The number of carbonyl (C=O) groups excluding carboxylic acids is 2. The summed E-state index contributed by atoms with van der Waals surface area (Å²) < 4.78 is 0. The molecule has 6 nitrogen and oxygen atoms in total. The van der Waals surface area contributed by atoms with Gasteiger partial charge in [0, 0.05) is 44.7 Å². The van der Waals surface area contributed by atoms with Crippen LogP contribution in [0.3, 0.4) is 0 Å². The van der Waals surface area contributed by atoms with Crippen molar-refractivity contribution in [3.05, 3.63) is 35.9 Å². The second-order valence-electron chi connectivity index (χ2n) is 7.44. The molecular formula is C20H31ClN4O2. The van der Waals surface area contributed by atoms with Crippen molar-refractivity contribution in [1.82, 2.24) is 20.4 Å². The van der Waals surface area contributed by atoms with Crippen LogP contribution >= 0.6 is 12.4 Å². The minimum Gasteiger partial charge on any atom is -0.347 e. The maximum atomic E-state index is 12.4. The van der Waals surface area contributed by atoms with Crippen LogP contribution in [-0.4, -0.2) is 66.9 Å². The maximum absolute atomic E-state index is 12.4. The standard InChI is InChI=1S/C20H30N4O2.ClH/c1-16-13-18(7-8-21-16)20(26)22-14-19(25)24-11-9-23(10-12-24)15-17-5-3-2-4-6-17;/h2-6,16,18,21H,7-15H2,1H3,(H,22,26);1H/t16-,18-;/m0./s1. The highest BCUT2D eigenvalue weighted by Crippen LogP contribution is 2.16. The highest BCUT2D eigenvalue weighted by Gasteiger charge is 2.26. The molecule has 2 atom stereocenters. The van der Waals surface area contributed by atoms with Crippen molar-refractivity contribution in [3.8, 4) is 0 Å². The summed E-state index contributed by atoms with van der Waals surface area (Å²) in [6, 6.07) is 10.8. The van der Waals surface area contributed by atoms with Crippen LogP contribution in [0.5, 0.6) is 0 Å². The Morgan fingerprint density at radius 2 is 1.85 bits per heavy atom. The SMILES string of the molecule is C[C@H]1C[C@@H](C(=O)NCC(=O)N2CCN(Cc3ccccc3)CC2)CCN1.Cl. The first-order chi connectivity index (χ1) is 12.6. The summed E-state index contributed by atoms with van der Waals surface area (Å²) in [5.74, 6) is 0.0795. The molecule has 27 heavy (non-hydrogen) atoms. The predicted octanol–water partition coefficient (Wildman–Crippen LogP) is 1.26. The lowest BCUT2D eigenvalue weighted by atomic mass is 9.92. The van der Waals surface area contributed by atoms with Crippen LogP contribution in [0.1, 0.15) is 25.3 Å². The number of piperidine rings is 1. The quantitative estimate of drug-likeness (QED) is 0.789. The van der Waals surface area contributed by atoms with Gasteiger partial charge in [0.15, 0.2) is 0 Å². The minimum atomic E-state index is 0. The van der Waals surface area contributed by atoms with Gasteiger partial charge in [-0.25, -0.2) is 0 Å². The Morgan fingerprint density at radius 3 is 2.52 bits per heavy atom. The average Bonchev–Trinajstić information content (AvgIpc) is 2.67. The van der Waals surface area contributed by atoms with Crippen LogP contribution in [-0.2, 0) is 16.1 Å². The van der Waals surface area contributed by atoms with Gasteiger partial charge in [0.1, 0.15) is 0 Å². The fourth-order valence-corrected chi connectivity index (χ4v) is 3.79. The molecule has 0 unspecified atom stereocenters. The molecule has 1 aromatic carbocycles. The molecule has 0 aromatic heterocycles. The normalized spacial score (nSPS) is 23.4. The summed E-state index contributed by atoms with van der Waals surface area (Å²) in [5, 5.41) is 6.19. The monoisotopic (exact) mass is 394 g/mol. The van der Waals surface area contributed by atoms with Crippen LogP contribution < -0.4 is 10.6 Å². The fraction of sp³-hybridized carbons (Fsp3) is 0.600. The van der Waals surface area contributed by atoms with Gasteiger partial charge in [-0.1, -0.05) is 30.3 Å². The topological polar surface area (TPSA) is 64.7 Å². The largest absolute Gasteiger partial charge is 0.347 e. The van der Waals surface area contributed by atoms with E-state index in [1.54, 1.807) is 0 Å². The van der Waals surface area contributed by atoms with Crippen molar-refractivity contribution in [1.29, 1.82) is 0 Å².